The standard InChI is InChI=1S/C25H24N4O3S/c1-31-20-14-12-19(13-15-20)24(30)26-16-23-27-28-25(33-17-18-8-4-3-5-9-18)29(23)21-10-6-7-11-22(21)32-2/h3-15H,16-17H2,1-2H3,(H,26,30). The lowest BCUT2D eigenvalue weighted by atomic mass is 10.2. The maximum atomic E-state index is 12.7. The van der Waals surface area contributed by atoms with Crippen LogP contribution in [0.2, 0.25) is 0 Å². The average molecular weight is 461 g/mol. The number of aromatic nitrogens is 3. The third kappa shape index (κ3) is 5.35. The summed E-state index contributed by atoms with van der Waals surface area (Å²) < 4.78 is 12.7. The number of thioether (sulfide) groups is 1. The number of rotatable bonds is 9. The molecule has 0 aliphatic rings. The molecule has 8 heteroatoms. The van der Waals surface area contributed by atoms with Gasteiger partial charge in [0.05, 0.1) is 26.5 Å². The topological polar surface area (TPSA) is 78.3 Å². The monoisotopic (exact) mass is 460 g/mol. The first-order valence-electron chi connectivity index (χ1n) is 10.4. The summed E-state index contributed by atoms with van der Waals surface area (Å²) in [5, 5.41) is 12.4. The zero-order valence-corrected chi connectivity index (χ0v) is 19.2. The molecular weight excluding hydrogens is 436 g/mol. The van der Waals surface area contributed by atoms with Crippen LogP contribution in [0.25, 0.3) is 5.69 Å². The average Bonchev–Trinajstić information content (AvgIpc) is 3.29. The summed E-state index contributed by atoms with van der Waals surface area (Å²) in [6, 6.07) is 24.8. The molecule has 4 rings (SSSR count). The van der Waals surface area contributed by atoms with Crippen molar-refractivity contribution in [3.63, 3.8) is 0 Å². The van der Waals surface area contributed by atoms with Gasteiger partial charge >= 0.3 is 0 Å². The van der Waals surface area contributed by atoms with Gasteiger partial charge in [0, 0.05) is 11.3 Å². The van der Waals surface area contributed by atoms with Crippen molar-refractivity contribution in [2.75, 3.05) is 14.2 Å². The van der Waals surface area contributed by atoms with Crippen LogP contribution in [-0.4, -0.2) is 34.9 Å². The highest BCUT2D eigenvalue weighted by molar-refractivity contribution is 7.98. The molecule has 0 aliphatic heterocycles. The normalized spacial score (nSPS) is 10.6. The van der Waals surface area contributed by atoms with Crippen LogP contribution in [-0.2, 0) is 12.3 Å². The number of hydrogen-bond acceptors (Lipinski definition) is 6. The van der Waals surface area contributed by atoms with Crippen LogP contribution in [0, 0.1) is 0 Å². The predicted molar refractivity (Wildman–Crippen MR) is 128 cm³/mol. The van der Waals surface area contributed by atoms with Gasteiger partial charge in [-0.3, -0.25) is 9.36 Å². The number of carbonyl (C=O) groups is 1. The minimum atomic E-state index is -0.203. The van der Waals surface area contributed by atoms with E-state index in [-0.39, 0.29) is 12.5 Å². The maximum absolute atomic E-state index is 12.7. The lowest BCUT2D eigenvalue weighted by Gasteiger charge is -2.14. The van der Waals surface area contributed by atoms with Gasteiger partial charge in [0.2, 0.25) is 0 Å². The molecule has 1 heterocycles. The van der Waals surface area contributed by atoms with Crippen LogP contribution in [0.5, 0.6) is 11.5 Å². The van der Waals surface area contributed by atoms with Crippen molar-refractivity contribution in [1.29, 1.82) is 0 Å². The highest BCUT2D eigenvalue weighted by atomic mass is 32.2. The Morgan fingerprint density at radius 1 is 0.909 bits per heavy atom. The van der Waals surface area contributed by atoms with E-state index in [0.29, 0.717) is 22.9 Å². The van der Waals surface area contributed by atoms with Gasteiger partial charge in [0.25, 0.3) is 5.91 Å². The molecule has 0 fully saturated rings. The van der Waals surface area contributed by atoms with Crippen molar-refractivity contribution in [2.24, 2.45) is 0 Å². The summed E-state index contributed by atoms with van der Waals surface area (Å²) in [4.78, 5) is 12.7. The Balaban J connectivity index is 1.58. The minimum absolute atomic E-state index is 0.203. The first-order valence-corrected chi connectivity index (χ1v) is 11.3. The fraction of sp³-hybridized carbons (Fsp3) is 0.160. The summed E-state index contributed by atoms with van der Waals surface area (Å²) in [7, 11) is 3.22. The maximum Gasteiger partial charge on any atom is 0.251 e. The second-order valence-electron chi connectivity index (χ2n) is 7.09. The summed E-state index contributed by atoms with van der Waals surface area (Å²) >= 11 is 1.58. The van der Waals surface area contributed by atoms with Gasteiger partial charge in [-0.1, -0.05) is 54.2 Å². The fourth-order valence-electron chi connectivity index (χ4n) is 3.29. The molecule has 1 amide bonds. The van der Waals surface area contributed by atoms with E-state index >= 15 is 0 Å². The quantitative estimate of drug-likeness (QED) is 0.371. The molecule has 0 unspecified atom stereocenters. The van der Waals surface area contributed by atoms with Crippen molar-refractivity contribution in [3.8, 4) is 17.2 Å². The lowest BCUT2D eigenvalue weighted by Crippen LogP contribution is -2.24. The van der Waals surface area contributed by atoms with E-state index in [4.69, 9.17) is 9.47 Å². The van der Waals surface area contributed by atoms with E-state index in [1.807, 2.05) is 47.0 Å². The Hall–Kier alpha value is -3.78. The number of hydrogen-bond donors (Lipinski definition) is 1. The summed E-state index contributed by atoms with van der Waals surface area (Å²) in [5.41, 5.74) is 2.54. The van der Waals surface area contributed by atoms with Crippen LogP contribution >= 0.6 is 11.8 Å². The van der Waals surface area contributed by atoms with Crippen molar-refractivity contribution >= 4 is 17.7 Å². The molecule has 168 valence electrons. The Bertz CT molecular complexity index is 1210. The first-order chi connectivity index (χ1) is 16.2. The molecule has 3 aromatic carbocycles. The third-order valence-corrected chi connectivity index (χ3v) is 6.00. The van der Waals surface area contributed by atoms with Gasteiger partial charge in [-0.15, -0.1) is 10.2 Å². The number of amides is 1. The Morgan fingerprint density at radius 2 is 1.64 bits per heavy atom. The van der Waals surface area contributed by atoms with E-state index < -0.39 is 0 Å². The number of methoxy groups -OCH3 is 2. The smallest absolute Gasteiger partial charge is 0.251 e. The van der Waals surface area contributed by atoms with Crippen molar-refractivity contribution in [1.82, 2.24) is 20.1 Å². The Morgan fingerprint density at radius 3 is 2.36 bits per heavy atom. The molecule has 0 radical (unpaired) electrons. The van der Waals surface area contributed by atoms with E-state index in [9.17, 15) is 4.79 Å². The Labute approximate surface area is 196 Å². The van der Waals surface area contributed by atoms with Gasteiger partial charge < -0.3 is 14.8 Å². The highest BCUT2D eigenvalue weighted by Gasteiger charge is 2.18. The first kappa shape index (κ1) is 22.4. The molecule has 4 aromatic rings. The molecule has 0 saturated carbocycles. The molecule has 0 aliphatic carbocycles. The number of ether oxygens (including phenoxy) is 2. The lowest BCUT2D eigenvalue weighted by molar-refractivity contribution is 0.0949. The van der Waals surface area contributed by atoms with Crippen LogP contribution < -0.4 is 14.8 Å². The molecule has 1 N–H and O–H groups in total. The molecule has 0 saturated heterocycles. The van der Waals surface area contributed by atoms with Crippen LogP contribution in [0.4, 0.5) is 0 Å². The van der Waals surface area contributed by atoms with Gasteiger partial charge in [-0.25, -0.2) is 0 Å². The highest BCUT2D eigenvalue weighted by Crippen LogP contribution is 2.30. The predicted octanol–water partition coefficient (Wildman–Crippen LogP) is 4.51. The molecule has 0 atom stereocenters. The summed E-state index contributed by atoms with van der Waals surface area (Å²) in [5.74, 6) is 2.54. The van der Waals surface area contributed by atoms with E-state index in [0.717, 1.165) is 16.6 Å². The summed E-state index contributed by atoms with van der Waals surface area (Å²) in [6.45, 7) is 0.210. The number of carbonyl (C=O) groups excluding carboxylic acids is 1. The molecule has 33 heavy (non-hydrogen) atoms. The largest absolute Gasteiger partial charge is 0.497 e. The SMILES string of the molecule is COc1ccc(C(=O)NCc2nnc(SCc3ccccc3)n2-c2ccccc2OC)cc1. The summed E-state index contributed by atoms with van der Waals surface area (Å²) in [6.07, 6.45) is 0. The molecule has 0 spiro atoms. The van der Waals surface area contributed by atoms with Crippen LogP contribution in [0.3, 0.4) is 0 Å². The number of nitrogens with one attached hydrogen (secondary N) is 1. The molecule has 0 bridgehead atoms. The number of nitrogens with zero attached hydrogens (tertiary/aromatic N) is 3. The Kier molecular flexibility index (Phi) is 7.26. The van der Waals surface area contributed by atoms with Crippen molar-refractivity contribution < 1.29 is 14.3 Å². The van der Waals surface area contributed by atoms with Gasteiger partial charge in [0.1, 0.15) is 11.5 Å². The number of benzene rings is 3. The van der Waals surface area contributed by atoms with Gasteiger partial charge in [0.15, 0.2) is 11.0 Å². The van der Waals surface area contributed by atoms with E-state index in [2.05, 4.69) is 27.6 Å². The number of para-hydroxylation sites is 2. The molecular formula is C25H24N4O3S. The zero-order chi connectivity index (χ0) is 23.0. The second kappa shape index (κ2) is 10.7. The second-order valence-corrected chi connectivity index (χ2v) is 8.03. The van der Waals surface area contributed by atoms with Crippen LogP contribution in [0.15, 0.2) is 84.0 Å². The van der Waals surface area contributed by atoms with Crippen LogP contribution in [0.1, 0.15) is 21.7 Å². The van der Waals surface area contributed by atoms with Gasteiger partial charge in [-0.2, -0.15) is 0 Å². The zero-order valence-electron chi connectivity index (χ0n) is 18.4. The van der Waals surface area contributed by atoms with E-state index in [1.165, 1.54) is 5.56 Å². The third-order valence-electron chi connectivity index (χ3n) is 5.00. The van der Waals surface area contributed by atoms with Crippen molar-refractivity contribution in [2.45, 2.75) is 17.5 Å². The molecule has 7 nitrogen and oxygen atoms in total. The van der Waals surface area contributed by atoms with Gasteiger partial charge in [-0.05, 0) is 42.0 Å². The van der Waals surface area contributed by atoms with Crippen molar-refractivity contribution in [3.05, 3.63) is 95.8 Å². The fourth-order valence-corrected chi connectivity index (χ4v) is 4.21. The van der Waals surface area contributed by atoms with E-state index in [1.54, 1.807) is 50.2 Å². The molecule has 1 aromatic heterocycles. The minimum Gasteiger partial charge on any atom is -0.497 e.